The molecular formula is C18H17ClFNO2. The summed E-state index contributed by atoms with van der Waals surface area (Å²) in [5.41, 5.74) is 2.81. The number of ether oxygens (including phenoxy) is 1. The average Bonchev–Trinajstić information content (AvgIpc) is 2.55. The SMILES string of the molecule is CCOC(=O)C1CC(c2ccc(F)cc2)c2cc(Cl)ccc2N1. The van der Waals surface area contributed by atoms with E-state index in [2.05, 4.69) is 5.32 Å². The second-order valence-electron chi connectivity index (χ2n) is 5.52. The van der Waals surface area contributed by atoms with Gasteiger partial charge in [-0.3, -0.25) is 0 Å². The Kier molecular flexibility index (Phi) is 4.53. The molecule has 1 heterocycles. The van der Waals surface area contributed by atoms with E-state index in [-0.39, 0.29) is 17.7 Å². The molecule has 0 fully saturated rings. The highest BCUT2D eigenvalue weighted by molar-refractivity contribution is 6.30. The van der Waals surface area contributed by atoms with Crippen molar-refractivity contribution < 1.29 is 13.9 Å². The fourth-order valence-electron chi connectivity index (χ4n) is 2.97. The van der Waals surface area contributed by atoms with E-state index in [1.165, 1.54) is 12.1 Å². The molecule has 3 nitrogen and oxygen atoms in total. The number of anilines is 1. The predicted molar refractivity (Wildman–Crippen MR) is 88.4 cm³/mol. The van der Waals surface area contributed by atoms with E-state index in [0.29, 0.717) is 18.1 Å². The molecule has 0 aromatic heterocycles. The second kappa shape index (κ2) is 6.59. The lowest BCUT2D eigenvalue weighted by molar-refractivity contribution is -0.144. The molecule has 2 unspecified atom stereocenters. The van der Waals surface area contributed by atoms with Crippen LogP contribution in [0.3, 0.4) is 0 Å². The van der Waals surface area contributed by atoms with Gasteiger partial charge in [-0.2, -0.15) is 0 Å². The zero-order valence-corrected chi connectivity index (χ0v) is 13.4. The number of carbonyl (C=O) groups excluding carboxylic acids is 1. The standard InChI is InChI=1S/C18H17ClFNO2/c1-2-23-18(22)17-10-14(11-3-6-13(20)7-4-11)15-9-12(19)5-8-16(15)21-17/h3-9,14,17,21H,2,10H2,1H3. The van der Waals surface area contributed by atoms with Gasteiger partial charge in [0.15, 0.2) is 0 Å². The number of esters is 1. The minimum atomic E-state index is -0.432. The Morgan fingerprint density at radius 3 is 2.74 bits per heavy atom. The number of halogens is 2. The molecule has 1 N–H and O–H groups in total. The fourth-order valence-corrected chi connectivity index (χ4v) is 3.15. The summed E-state index contributed by atoms with van der Waals surface area (Å²) in [6, 6.07) is 11.5. The van der Waals surface area contributed by atoms with Crippen LogP contribution in [0.15, 0.2) is 42.5 Å². The zero-order chi connectivity index (χ0) is 16.4. The first-order chi connectivity index (χ1) is 11.1. The molecule has 1 aliphatic rings. The molecule has 0 spiro atoms. The van der Waals surface area contributed by atoms with Gasteiger partial charge >= 0.3 is 5.97 Å². The maximum atomic E-state index is 13.2. The maximum absolute atomic E-state index is 13.2. The summed E-state index contributed by atoms with van der Waals surface area (Å²) in [5.74, 6) is -0.601. The van der Waals surface area contributed by atoms with Crippen molar-refractivity contribution in [2.24, 2.45) is 0 Å². The van der Waals surface area contributed by atoms with Crippen molar-refractivity contribution in [1.82, 2.24) is 0 Å². The largest absolute Gasteiger partial charge is 0.464 e. The van der Waals surface area contributed by atoms with Crippen LogP contribution in [0, 0.1) is 5.82 Å². The molecule has 2 aromatic carbocycles. The number of carbonyl (C=O) groups is 1. The first kappa shape index (κ1) is 15.8. The van der Waals surface area contributed by atoms with E-state index in [1.807, 2.05) is 12.1 Å². The summed E-state index contributed by atoms with van der Waals surface area (Å²) >= 11 is 6.12. The lowest BCUT2D eigenvalue weighted by Crippen LogP contribution is -2.36. The van der Waals surface area contributed by atoms with Crippen molar-refractivity contribution in [3.8, 4) is 0 Å². The van der Waals surface area contributed by atoms with Gasteiger partial charge in [0.25, 0.3) is 0 Å². The van der Waals surface area contributed by atoms with Crippen LogP contribution in [0.2, 0.25) is 5.02 Å². The van der Waals surface area contributed by atoms with Crippen molar-refractivity contribution in [3.05, 3.63) is 64.4 Å². The number of hydrogen-bond donors (Lipinski definition) is 1. The molecule has 0 radical (unpaired) electrons. The first-order valence-corrected chi connectivity index (χ1v) is 7.94. The topological polar surface area (TPSA) is 38.3 Å². The molecule has 1 aliphatic heterocycles. The van der Waals surface area contributed by atoms with Gasteiger partial charge in [0, 0.05) is 16.6 Å². The predicted octanol–water partition coefficient (Wildman–Crippen LogP) is 4.36. The number of hydrogen-bond acceptors (Lipinski definition) is 3. The lowest BCUT2D eigenvalue weighted by Gasteiger charge is -2.32. The Balaban J connectivity index is 2.00. The molecule has 5 heteroatoms. The van der Waals surface area contributed by atoms with Gasteiger partial charge in [-0.1, -0.05) is 23.7 Å². The van der Waals surface area contributed by atoms with Gasteiger partial charge < -0.3 is 10.1 Å². The third-order valence-corrected chi connectivity index (χ3v) is 4.27. The number of rotatable bonds is 3. The summed E-state index contributed by atoms with van der Waals surface area (Å²) in [6.45, 7) is 2.12. The lowest BCUT2D eigenvalue weighted by atomic mass is 9.82. The summed E-state index contributed by atoms with van der Waals surface area (Å²) in [5, 5.41) is 3.84. The number of nitrogens with one attached hydrogen (secondary N) is 1. The van der Waals surface area contributed by atoms with Gasteiger partial charge in [-0.15, -0.1) is 0 Å². The molecule has 0 aliphatic carbocycles. The molecule has 2 aromatic rings. The third kappa shape index (κ3) is 3.32. The van der Waals surface area contributed by atoms with Crippen molar-refractivity contribution in [2.45, 2.75) is 25.3 Å². The summed E-state index contributed by atoms with van der Waals surface area (Å²) in [6.07, 6.45) is 0.539. The Bertz CT molecular complexity index is 717. The molecule has 23 heavy (non-hydrogen) atoms. The smallest absolute Gasteiger partial charge is 0.328 e. The highest BCUT2D eigenvalue weighted by Crippen LogP contribution is 2.40. The molecule has 2 atom stereocenters. The van der Waals surface area contributed by atoms with Crippen LogP contribution in [0.1, 0.15) is 30.4 Å². The van der Waals surface area contributed by atoms with Crippen molar-refractivity contribution in [2.75, 3.05) is 11.9 Å². The van der Waals surface area contributed by atoms with Gasteiger partial charge in [-0.05, 0) is 54.8 Å². The van der Waals surface area contributed by atoms with Crippen LogP contribution in [0.5, 0.6) is 0 Å². The molecule has 0 saturated carbocycles. The molecule has 120 valence electrons. The van der Waals surface area contributed by atoms with E-state index in [4.69, 9.17) is 16.3 Å². The van der Waals surface area contributed by atoms with Gasteiger partial charge in [0.1, 0.15) is 11.9 Å². The van der Waals surface area contributed by atoms with Gasteiger partial charge in [0.2, 0.25) is 0 Å². The molecule has 3 rings (SSSR count). The van der Waals surface area contributed by atoms with E-state index < -0.39 is 6.04 Å². The van der Waals surface area contributed by atoms with Crippen LogP contribution in [0.25, 0.3) is 0 Å². The van der Waals surface area contributed by atoms with Crippen LogP contribution in [-0.2, 0) is 9.53 Å². The normalized spacial score (nSPS) is 19.6. The number of fused-ring (bicyclic) bond motifs is 1. The fraction of sp³-hybridized carbons (Fsp3) is 0.278. The minimum Gasteiger partial charge on any atom is -0.464 e. The monoisotopic (exact) mass is 333 g/mol. The highest BCUT2D eigenvalue weighted by Gasteiger charge is 2.32. The first-order valence-electron chi connectivity index (χ1n) is 7.56. The third-order valence-electron chi connectivity index (χ3n) is 4.03. The Labute approximate surface area is 139 Å². The Morgan fingerprint density at radius 1 is 1.30 bits per heavy atom. The van der Waals surface area contributed by atoms with Crippen LogP contribution >= 0.6 is 11.6 Å². The number of benzene rings is 2. The van der Waals surface area contributed by atoms with E-state index in [1.54, 1.807) is 25.1 Å². The molecule has 0 amide bonds. The van der Waals surface area contributed by atoms with Crippen molar-refractivity contribution >= 4 is 23.3 Å². The van der Waals surface area contributed by atoms with Crippen molar-refractivity contribution in [1.29, 1.82) is 0 Å². The summed E-state index contributed by atoms with van der Waals surface area (Å²) in [7, 11) is 0. The maximum Gasteiger partial charge on any atom is 0.328 e. The molecule has 0 saturated heterocycles. The highest BCUT2D eigenvalue weighted by atomic mass is 35.5. The minimum absolute atomic E-state index is 0.0417. The molecule has 0 bridgehead atoms. The van der Waals surface area contributed by atoms with Crippen LogP contribution < -0.4 is 5.32 Å². The van der Waals surface area contributed by atoms with Gasteiger partial charge in [0.05, 0.1) is 6.61 Å². The Hall–Kier alpha value is -2.07. The summed E-state index contributed by atoms with van der Waals surface area (Å²) < 4.78 is 18.3. The van der Waals surface area contributed by atoms with E-state index in [0.717, 1.165) is 16.8 Å². The Morgan fingerprint density at radius 2 is 2.04 bits per heavy atom. The average molecular weight is 334 g/mol. The van der Waals surface area contributed by atoms with Crippen LogP contribution in [0.4, 0.5) is 10.1 Å². The summed E-state index contributed by atoms with van der Waals surface area (Å²) in [4.78, 5) is 12.1. The van der Waals surface area contributed by atoms with Gasteiger partial charge in [-0.25, -0.2) is 9.18 Å². The quantitative estimate of drug-likeness (QED) is 0.848. The van der Waals surface area contributed by atoms with Crippen molar-refractivity contribution in [3.63, 3.8) is 0 Å². The zero-order valence-electron chi connectivity index (χ0n) is 12.7. The van der Waals surface area contributed by atoms with Crippen LogP contribution in [-0.4, -0.2) is 18.6 Å². The second-order valence-corrected chi connectivity index (χ2v) is 5.96. The molecular weight excluding hydrogens is 317 g/mol. The van der Waals surface area contributed by atoms with E-state index in [9.17, 15) is 9.18 Å². The van der Waals surface area contributed by atoms with E-state index >= 15 is 0 Å².